The molecule has 0 aliphatic rings. The lowest BCUT2D eigenvalue weighted by Gasteiger charge is -2.07. The van der Waals surface area contributed by atoms with Crippen LogP contribution in [0.2, 0.25) is 0 Å². The van der Waals surface area contributed by atoms with Crippen LogP contribution in [0.3, 0.4) is 0 Å². The van der Waals surface area contributed by atoms with E-state index in [4.69, 9.17) is 0 Å². The standard InChI is InChI=1S/C5H9NO5/c1-3(4(7)9-2)10-5(8)11-6/h3H,6H2,1-2H3. The maximum absolute atomic E-state index is 10.6. The number of carbonyl (C=O) groups excluding carboxylic acids is 2. The second-order valence-corrected chi connectivity index (χ2v) is 1.65. The minimum atomic E-state index is -1.12. The average molecular weight is 163 g/mol. The van der Waals surface area contributed by atoms with Gasteiger partial charge in [0.25, 0.3) is 0 Å². The van der Waals surface area contributed by atoms with Gasteiger partial charge in [-0.05, 0) is 6.92 Å². The largest absolute Gasteiger partial charge is 0.528 e. The van der Waals surface area contributed by atoms with Crippen LogP contribution in [0.5, 0.6) is 0 Å². The van der Waals surface area contributed by atoms with Gasteiger partial charge in [-0.3, -0.25) is 0 Å². The molecule has 0 radical (unpaired) electrons. The Balaban J connectivity index is 3.77. The summed E-state index contributed by atoms with van der Waals surface area (Å²) in [6, 6.07) is 0. The second-order valence-electron chi connectivity index (χ2n) is 1.65. The molecule has 1 unspecified atom stereocenters. The minimum absolute atomic E-state index is 0.671. The zero-order valence-electron chi connectivity index (χ0n) is 6.20. The molecule has 0 aromatic carbocycles. The zero-order valence-corrected chi connectivity index (χ0v) is 6.20. The van der Waals surface area contributed by atoms with Crippen molar-refractivity contribution in [3.8, 4) is 0 Å². The Morgan fingerprint density at radius 2 is 2.00 bits per heavy atom. The van der Waals surface area contributed by atoms with E-state index in [9.17, 15) is 9.59 Å². The topological polar surface area (TPSA) is 87.8 Å². The molecule has 0 saturated heterocycles. The molecule has 0 spiro atoms. The summed E-state index contributed by atoms with van der Waals surface area (Å²) in [6.45, 7) is 1.34. The molecule has 2 N–H and O–H groups in total. The average Bonchev–Trinajstić information content (AvgIpc) is 2.02. The molecular weight excluding hydrogens is 154 g/mol. The maximum atomic E-state index is 10.6. The summed E-state index contributed by atoms with van der Waals surface area (Å²) in [6.07, 6.45) is -2.13. The van der Waals surface area contributed by atoms with Gasteiger partial charge in [-0.1, -0.05) is 0 Å². The molecule has 0 heterocycles. The number of methoxy groups -OCH3 is 1. The van der Waals surface area contributed by atoms with E-state index >= 15 is 0 Å². The van der Waals surface area contributed by atoms with Gasteiger partial charge in [-0.25, -0.2) is 9.59 Å². The molecule has 64 valence electrons. The Morgan fingerprint density at radius 3 is 2.36 bits per heavy atom. The fraction of sp³-hybridized carbons (Fsp3) is 0.600. The Morgan fingerprint density at radius 1 is 1.45 bits per heavy atom. The number of esters is 1. The van der Waals surface area contributed by atoms with E-state index < -0.39 is 18.2 Å². The van der Waals surface area contributed by atoms with Gasteiger partial charge in [0.2, 0.25) is 0 Å². The van der Waals surface area contributed by atoms with Crippen molar-refractivity contribution in [2.45, 2.75) is 13.0 Å². The van der Waals surface area contributed by atoms with Crippen molar-refractivity contribution in [2.24, 2.45) is 5.90 Å². The van der Waals surface area contributed by atoms with Gasteiger partial charge in [-0.15, -0.1) is 0 Å². The number of nitrogens with two attached hydrogens (primary N) is 1. The van der Waals surface area contributed by atoms with Crippen LogP contribution in [0, 0.1) is 0 Å². The van der Waals surface area contributed by atoms with E-state index in [1.54, 1.807) is 0 Å². The van der Waals surface area contributed by atoms with Crippen molar-refractivity contribution in [3.05, 3.63) is 0 Å². The van der Waals surface area contributed by atoms with E-state index in [2.05, 4.69) is 20.2 Å². The Hall–Kier alpha value is -1.30. The Labute approximate surface area is 63.2 Å². The van der Waals surface area contributed by atoms with Gasteiger partial charge in [0.1, 0.15) is 0 Å². The number of rotatable bonds is 2. The lowest BCUT2D eigenvalue weighted by Crippen LogP contribution is -2.26. The summed E-state index contributed by atoms with van der Waals surface area (Å²) in [5.74, 6) is 3.76. The van der Waals surface area contributed by atoms with E-state index in [0.29, 0.717) is 0 Å². The number of carbonyl (C=O) groups is 2. The second kappa shape index (κ2) is 4.51. The van der Waals surface area contributed by atoms with Crippen molar-refractivity contribution in [1.29, 1.82) is 0 Å². The summed E-state index contributed by atoms with van der Waals surface area (Å²) >= 11 is 0. The van der Waals surface area contributed by atoms with Crippen molar-refractivity contribution in [3.63, 3.8) is 0 Å². The SMILES string of the molecule is COC(=O)C(C)OC(=O)ON. The minimum Gasteiger partial charge on any atom is -0.466 e. The summed E-state index contributed by atoms with van der Waals surface area (Å²) < 4.78 is 8.54. The predicted molar refractivity (Wildman–Crippen MR) is 33.2 cm³/mol. The number of hydrogen-bond acceptors (Lipinski definition) is 6. The van der Waals surface area contributed by atoms with E-state index in [-0.39, 0.29) is 0 Å². The van der Waals surface area contributed by atoms with Gasteiger partial charge in [0.15, 0.2) is 6.10 Å². The van der Waals surface area contributed by atoms with Crippen LogP contribution in [0.1, 0.15) is 6.92 Å². The van der Waals surface area contributed by atoms with Crippen LogP contribution in [-0.2, 0) is 19.1 Å². The molecule has 0 rings (SSSR count). The summed E-state index contributed by atoms with van der Waals surface area (Å²) in [7, 11) is 1.18. The molecule has 0 aliphatic carbocycles. The molecule has 1 atom stereocenters. The number of hydrogen-bond donors (Lipinski definition) is 1. The highest BCUT2D eigenvalue weighted by Gasteiger charge is 2.18. The predicted octanol–water partition coefficient (Wildman–Crippen LogP) is -0.425. The van der Waals surface area contributed by atoms with Crippen molar-refractivity contribution >= 4 is 12.1 Å². The third-order valence-electron chi connectivity index (χ3n) is 0.902. The normalized spacial score (nSPS) is 11.5. The van der Waals surface area contributed by atoms with Crippen molar-refractivity contribution < 1.29 is 23.9 Å². The lowest BCUT2D eigenvalue weighted by molar-refractivity contribution is -0.150. The molecule has 11 heavy (non-hydrogen) atoms. The van der Waals surface area contributed by atoms with Crippen LogP contribution < -0.4 is 5.90 Å². The molecular formula is C5H9NO5. The van der Waals surface area contributed by atoms with Crippen LogP contribution >= 0.6 is 0 Å². The molecule has 0 aromatic rings. The van der Waals surface area contributed by atoms with E-state index in [0.717, 1.165) is 0 Å². The third-order valence-corrected chi connectivity index (χ3v) is 0.902. The Bertz CT molecular complexity index is 157. The highest BCUT2D eigenvalue weighted by molar-refractivity contribution is 5.76. The van der Waals surface area contributed by atoms with E-state index in [1.807, 2.05) is 0 Å². The molecule has 0 amide bonds. The van der Waals surface area contributed by atoms with Gasteiger partial charge < -0.3 is 14.3 Å². The summed E-state index contributed by atoms with van der Waals surface area (Å²) in [5, 5.41) is 0. The van der Waals surface area contributed by atoms with E-state index in [1.165, 1.54) is 14.0 Å². The van der Waals surface area contributed by atoms with Crippen LogP contribution in [0.25, 0.3) is 0 Å². The summed E-state index contributed by atoms with van der Waals surface area (Å²) in [5.41, 5.74) is 0. The monoisotopic (exact) mass is 163 g/mol. The van der Waals surface area contributed by atoms with Gasteiger partial charge >= 0.3 is 12.1 Å². The first-order valence-electron chi connectivity index (χ1n) is 2.77. The third kappa shape index (κ3) is 3.41. The Kier molecular flexibility index (Phi) is 3.97. The molecule has 0 saturated carbocycles. The van der Waals surface area contributed by atoms with Crippen molar-refractivity contribution in [1.82, 2.24) is 0 Å². The van der Waals surface area contributed by atoms with Gasteiger partial charge in [0.05, 0.1) is 7.11 Å². The molecule has 0 aliphatic heterocycles. The van der Waals surface area contributed by atoms with Crippen LogP contribution in [0.4, 0.5) is 4.79 Å². The molecule has 6 heteroatoms. The fourth-order valence-electron chi connectivity index (χ4n) is 0.386. The first-order valence-corrected chi connectivity index (χ1v) is 2.77. The lowest BCUT2D eigenvalue weighted by atomic mass is 10.4. The maximum Gasteiger partial charge on any atom is 0.528 e. The van der Waals surface area contributed by atoms with Gasteiger partial charge in [0, 0.05) is 0 Å². The zero-order chi connectivity index (χ0) is 8.85. The van der Waals surface area contributed by atoms with Gasteiger partial charge in [-0.2, -0.15) is 5.90 Å². The highest BCUT2D eigenvalue weighted by Crippen LogP contribution is 1.94. The molecule has 0 fully saturated rings. The quantitative estimate of drug-likeness (QED) is 0.439. The molecule has 0 bridgehead atoms. The highest BCUT2D eigenvalue weighted by atomic mass is 16.8. The van der Waals surface area contributed by atoms with Crippen molar-refractivity contribution in [2.75, 3.05) is 7.11 Å². The fourth-order valence-corrected chi connectivity index (χ4v) is 0.386. The smallest absolute Gasteiger partial charge is 0.466 e. The summed E-state index contributed by atoms with van der Waals surface area (Å²) in [4.78, 5) is 24.5. The number of ether oxygens (including phenoxy) is 2. The first kappa shape index (κ1) is 9.70. The molecule has 0 aromatic heterocycles. The molecule has 6 nitrogen and oxygen atoms in total. The van der Waals surface area contributed by atoms with Crippen LogP contribution in [0.15, 0.2) is 0 Å². The first-order chi connectivity index (χ1) is 5.11. The van der Waals surface area contributed by atoms with Crippen LogP contribution in [-0.4, -0.2) is 25.3 Å².